The third-order valence-electron chi connectivity index (χ3n) is 3.73. The average Bonchev–Trinajstić information content (AvgIpc) is 2.34. The summed E-state index contributed by atoms with van der Waals surface area (Å²) in [5.41, 5.74) is 0. The highest BCUT2D eigenvalue weighted by atomic mass is 16.4. The molecule has 0 amide bonds. The molecule has 1 heterocycles. The number of likely N-dealkylation sites (tertiary alicyclic amines) is 1. The molecule has 1 saturated heterocycles. The van der Waals surface area contributed by atoms with Crippen molar-refractivity contribution in [3.63, 3.8) is 0 Å². The van der Waals surface area contributed by atoms with Gasteiger partial charge in [-0.15, -0.1) is 0 Å². The summed E-state index contributed by atoms with van der Waals surface area (Å²) in [5, 5.41) is 11.9. The lowest BCUT2D eigenvalue weighted by atomic mass is 10.0. The van der Waals surface area contributed by atoms with E-state index in [1.54, 1.807) is 0 Å². The number of carbonyl (C=O) groups is 1. The molecule has 0 bridgehead atoms. The molecule has 1 atom stereocenters. The smallest absolute Gasteiger partial charge is 0.303 e. The Kier molecular flexibility index (Phi) is 8.01. The van der Waals surface area contributed by atoms with Crippen molar-refractivity contribution < 1.29 is 9.90 Å². The molecule has 0 saturated carbocycles. The van der Waals surface area contributed by atoms with Gasteiger partial charge in [0.05, 0.1) is 0 Å². The zero-order valence-electron chi connectivity index (χ0n) is 11.7. The number of nitrogens with zero attached hydrogens (tertiary/aromatic N) is 1. The second kappa shape index (κ2) is 9.34. The molecule has 0 aliphatic carbocycles. The molecule has 106 valence electrons. The number of carboxylic acids is 1. The summed E-state index contributed by atoms with van der Waals surface area (Å²) in [5.74, 6) is -0.686. The van der Waals surface area contributed by atoms with Crippen molar-refractivity contribution in [2.75, 3.05) is 26.2 Å². The van der Waals surface area contributed by atoms with Crippen molar-refractivity contribution in [3.8, 4) is 0 Å². The predicted octanol–water partition coefficient (Wildman–Crippen LogP) is 2.10. The first-order chi connectivity index (χ1) is 8.70. The van der Waals surface area contributed by atoms with Crippen molar-refractivity contribution in [3.05, 3.63) is 0 Å². The molecule has 0 aromatic heterocycles. The molecule has 0 radical (unpaired) electrons. The fraction of sp³-hybridized carbons (Fsp3) is 0.929. The maximum atomic E-state index is 10.3. The Morgan fingerprint density at radius 3 is 2.78 bits per heavy atom. The van der Waals surface area contributed by atoms with Gasteiger partial charge in [-0.25, -0.2) is 0 Å². The molecule has 2 N–H and O–H groups in total. The highest BCUT2D eigenvalue weighted by Gasteiger charge is 2.16. The summed E-state index contributed by atoms with van der Waals surface area (Å²) in [6, 6.07) is 0.759. The van der Waals surface area contributed by atoms with Crippen LogP contribution in [0.2, 0.25) is 0 Å². The monoisotopic (exact) mass is 256 g/mol. The van der Waals surface area contributed by atoms with E-state index in [1.807, 2.05) is 0 Å². The lowest BCUT2D eigenvalue weighted by molar-refractivity contribution is -0.137. The van der Waals surface area contributed by atoms with Gasteiger partial charge in [-0.1, -0.05) is 6.42 Å². The lowest BCUT2D eigenvalue weighted by Crippen LogP contribution is -2.38. The van der Waals surface area contributed by atoms with E-state index in [0.29, 0.717) is 6.42 Å². The number of carboxylic acid groups (broad SMARTS) is 1. The molecule has 1 aliphatic heterocycles. The summed E-state index contributed by atoms with van der Waals surface area (Å²) in [4.78, 5) is 12.9. The highest BCUT2D eigenvalue weighted by molar-refractivity contribution is 5.66. The maximum Gasteiger partial charge on any atom is 0.303 e. The van der Waals surface area contributed by atoms with Gasteiger partial charge in [0.2, 0.25) is 0 Å². The van der Waals surface area contributed by atoms with Crippen molar-refractivity contribution >= 4 is 5.97 Å². The van der Waals surface area contributed by atoms with E-state index >= 15 is 0 Å². The average molecular weight is 256 g/mol. The van der Waals surface area contributed by atoms with Crippen LogP contribution in [0.25, 0.3) is 0 Å². The first-order valence-corrected chi connectivity index (χ1v) is 7.36. The topological polar surface area (TPSA) is 52.6 Å². The van der Waals surface area contributed by atoms with Crippen LogP contribution in [0.1, 0.15) is 51.9 Å². The van der Waals surface area contributed by atoms with Crippen LogP contribution in [0.3, 0.4) is 0 Å². The summed E-state index contributed by atoms with van der Waals surface area (Å²) in [7, 11) is 0. The highest BCUT2D eigenvalue weighted by Crippen LogP contribution is 2.15. The molecular weight excluding hydrogens is 228 g/mol. The number of rotatable bonds is 9. The van der Waals surface area contributed by atoms with E-state index in [-0.39, 0.29) is 0 Å². The number of unbranched alkanes of at least 4 members (excludes halogenated alkanes) is 1. The van der Waals surface area contributed by atoms with Crippen molar-refractivity contribution in [2.45, 2.75) is 57.9 Å². The summed E-state index contributed by atoms with van der Waals surface area (Å²) in [6.45, 7) is 6.79. The van der Waals surface area contributed by atoms with Gasteiger partial charge in [0, 0.05) is 12.5 Å². The summed E-state index contributed by atoms with van der Waals surface area (Å²) >= 11 is 0. The van der Waals surface area contributed by atoms with Gasteiger partial charge >= 0.3 is 5.97 Å². The standard InChI is InChI=1S/C14H28N2O2/c1-13-7-3-5-11-16(13)12-6-10-15-9-4-2-8-14(17)18/h13,15H,2-12H2,1H3,(H,17,18). The van der Waals surface area contributed by atoms with Crippen LogP contribution in [0.5, 0.6) is 0 Å². The first kappa shape index (κ1) is 15.4. The second-order valence-electron chi connectivity index (χ2n) is 5.34. The minimum Gasteiger partial charge on any atom is -0.481 e. The van der Waals surface area contributed by atoms with Crippen molar-refractivity contribution in [2.24, 2.45) is 0 Å². The van der Waals surface area contributed by atoms with Gasteiger partial charge in [0.15, 0.2) is 0 Å². The van der Waals surface area contributed by atoms with Crippen LogP contribution in [0.4, 0.5) is 0 Å². The van der Waals surface area contributed by atoms with Gasteiger partial charge in [0.1, 0.15) is 0 Å². The Morgan fingerprint density at radius 1 is 1.28 bits per heavy atom. The van der Waals surface area contributed by atoms with Crippen LogP contribution in [0, 0.1) is 0 Å². The maximum absolute atomic E-state index is 10.3. The zero-order valence-corrected chi connectivity index (χ0v) is 11.7. The SMILES string of the molecule is CC1CCCCN1CCCNCCCCC(=O)O. The second-order valence-corrected chi connectivity index (χ2v) is 5.34. The molecule has 4 heteroatoms. The van der Waals surface area contributed by atoms with E-state index in [0.717, 1.165) is 32.0 Å². The predicted molar refractivity (Wildman–Crippen MR) is 73.9 cm³/mol. The van der Waals surface area contributed by atoms with Crippen LogP contribution in [-0.2, 0) is 4.79 Å². The Balaban J connectivity index is 1.87. The molecule has 0 aromatic carbocycles. The van der Waals surface area contributed by atoms with E-state index in [2.05, 4.69) is 17.1 Å². The third-order valence-corrected chi connectivity index (χ3v) is 3.73. The fourth-order valence-corrected chi connectivity index (χ4v) is 2.55. The molecule has 1 fully saturated rings. The van der Waals surface area contributed by atoms with E-state index in [1.165, 1.54) is 38.8 Å². The third kappa shape index (κ3) is 6.97. The molecule has 1 rings (SSSR count). The van der Waals surface area contributed by atoms with E-state index in [4.69, 9.17) is 5.11 Å². The van der Waals surface area contributed by atoms with E-state index in [9.17, 15) is 4.79 Å². The van der Waals surface area contributed by atoms with Crippen molar-refractivity contribution in [1.29, 1.82) is 0 Å². The number of aliphatic carboxylic acids is 1. The molecule has 0 aromatic rings. The van der Waals surface area contributed by atoms with Crippen LogP contribution in [-0.4, -0.2) is 48.2 Å². The van der Waals surface area contributed by atoms with Crippen molar-refractivity contribution in [1.82, 2.24) is 10.2 Å². The molecule has 1 unspecified atom stereocenters. The minimum atomic E-state index is -0.686. The quantitative estimate of drug-likeness (QED) is 0.620. The lowest BCUT2D eigenvalue weighted by Gasteiger charge is -2.33. The van der Waals surface area contributed by atoms with Gasteiger partial charge < -0.3 is 15.3 Å². The minimum absolute atomic E-state index is 0.299. The Bertz CT molecular complexity index is 234. The summed E-state index contributed by atoms with van der Waals surface area (Å²) in [6.07, 6.45) is 7.34. The number of hydrogen-bond acceptors (Lipinski definition) is 3. The zero-order chi connectivity index (χ0) is 13.2. The molecular formula is C14H28N2O2. The fourth-order valence-electron chi connectivity index (χ4n) is 2.55. The molecule has 0 spiro atoms. The molecule has 18 heavy (non-hydrogen) atoms. The van der Waals surface area contributed by atoms with E-state index < -0.39 is 5.97 Å². The normalized spacial score (nSPS) is 21.1. The largest absolute Gasteiger partial charge is 0.481 e. The van der Waals surface area contributed by atoms with Crippen LogP contribution >= 0.6 is 0 Å². The van der Waals surface area contributed by atoms with Gasteiger partial charge in [0.25, 0.3) is 0 Å². The molecule has 1 aliphatic rings. The Morgan fingerprint density at radius 2 is 2.06 bits per heavy atom. The van der Waals surface area contributed by atoms with Crippen LogP contribution in [0.15, 0.2) is 0 Å². The first-order valence-electron chi connectivity index (χ1n) is 7.36. The number of nitrogens with one attached hydrogen (secondary N) is 1. The van der Waals surface area contributed by atoms with Gasteiger partial charge in [-0.05, 0) is 65.2 Å². The Hall–Kier alpha value is -0.610. The molecule has 4 nitrogen and oxygen atoms in total. The number of hydrogen-bond donors (Lipinski definition) is 2. The van der Waals surface area contributed by atoms with Gasteiger partial charge in [-0.2, -0.15) is 0 Å². The number of piperidine rings is 1. The van der Waals surface area contributed by atoms with Crippen LogP contribution < -0.4 is 5.32 Å². The summed E-state index contributed by atoms with van der Waals surface area (Å²) < 4.78 is 0. The van der Waals surface area contributed by atoms with Gasteiger partial charge in [-0.3, -0.25) is 4.79 Å². The Labute approximate surface area is 111 Å².